The minimum absolute atomic E-state index is 0.166. The van der Waals surface area contributed by atoms with Crippen molar-refractivity contribution in [2.45, 2.75) is 38.5 Å². The molecular weight excluding hydrogens is 1210 g/mol. The van der Waals surface area contributed by atoms with Gasteiger partial charge in [-0.1, -0.05) is 331 Å². The van der Waals surface area contributed by atoms with Crippen molar-refractivity contribution >= 4 is 55.7 Å². The fourth-order valence-electron chi connectivity index (χ4n) is 16.5. The molecule has 16 aromatic rings. The predicted molar refractivity (Wildman–Crippen MR) is 424 cm³/mol. The monoisotopic (exact) mass is 1280 g/mol. The Kier molecular flexibility index (Phi) is 14.6. The SMILES string of the molecule is CC1(C)c2ccccc2-c2c(N(c3cccc(-c4ccc(-c5ccccc5)cc4)c3)c3ccccc3-c3ccc(-c4cccc5cc(-c6cccc7c6C(C)(C)c6cccc(N(c8cccc(-c9ccc(-c%10ccccc%10)cc9)c8)c8ccc9ccccc9c8)c6-7)ccc45)cc3)cccc21. The Labute approximate surface area is 586 Å². The maximum atomic E-state index is 2.51. The predicted octanol–water partition coefficient (Wildman–Crippen LogP) is 27.2. The smallest absolute Gasteiger partial charge is 0.0543 e. The minimum atomic E-state index is -0.313. The van der Waals surface area contributed by atoms with Gasteiger partial charge in [0.05, 0.1) is 17.1 Å². The first-order valence-electron chi connectivity index (χ1n) is 35.0. The molecule has 0 aromatic heterocycles. The molecule has 0 saturated carbocycles. The Bertz CT molecular complexity index is 5820. The topological polar surface area (TPSA) is 6.48 Å². The summed E-state index contributed by atoms with van der Waals surface area (Å²) in [6, 6.07) is 135. The van der Waals surface area contributed by atoms with E-state index in [1.54, 1.807) is 0 Å². The number of nitrogens with zero attached hydrogens (tertiary/aromatic N) is 2. The lowest BCUT2D eigenvalue weighted by Gasteiger charge is -2.31. The van der Waals surface area contributed by atoms with Crippen molar-refractivity contribution in [3.63, 3.8) is 0 Å². The number of para-hydroxylation sites is 1. The lowest BCUT2D eigenvalue weighted by molar-refractivity contribution is 0.660. The Hall–Kier alpha value is -12.4. The first kappa shape index (κ1) is 60.1. The van der Waals surface area contributed by atoms with Crippen molar-refractivity contribution < 1.29 is 0 Å². The van der Waals surface area contributed by atoms with Crippen LogP contribution in [0.25, 0.3) is 122 Å². The summed E-state index contributed by atoms with van der Waals surface area (Å²) in [6.45, 7) is 9.58. The second-order valence-electron chi connectivity index (χ2n) is 27.9. The number of benzene rings is 16. The number of anilines is 6. The molecule has 0 spiro atoms. The highest BCUT2D eigenvalue weighted by atomic mass is 15.2. The van der Waals surface area contributed by atoms with Crippen molar-refractivity contribution in [1.82, 2.24) is 0 Å². The molecule has 0 fully saturated rings. The second-order valence-corrected chi connectivity index (χ2v) is 27.9. The van der Waals surface area contributed by atoms with E-state index in [9.17, 15) is 0 Å². The molecule has 2 heteroatoms. The third-order valence-electron chi connectivity index (χ3n) is 21.4. The summed E-state index contributed by atoms with van der Waals surface area (Å²) in [5, 5.41) is 4.85. The van der Waals surface area contributed by atoms with Crippen LogP contribution >= 0.6 is 0 Å². The van der Waals surface area contributed by atoms with Gasteiger partial charge in [0, 0.05) is 44.6 Å². The fraction of sp³-hybridized carbons (Fsp3) is 0.0612. The molecule has 0 bridgehead atoms. The van der Waals surface area contributed by atoms with Crippen LogP contribution in [0.4, 0.5) is 34.1 Å². The lowest BCUT2D eigenvalue weighted by Crippen LogP contribution is -2.17. The van der Waals surface area contributed by atoms with Gasteiger partial charge in [-0.05, 0) is 188 Å². The normalized spacial score (nSPS) is 13.0. The zero-order valence-corrected chi connectivity index (χ0v) is 56.5. The van der Waals surface area contributed by atoms with Crippen molar-refractivity contribution in [3.05, 3.63) is 386 Å². The molecular formula is C98H72N2. The van der Waals surface area contributed by atoms with Gasteiger partial charge in [-0.25, -0.2) is 0 Å². The van der Waals surface area contributed by atoms with Crippen LogP contribution in [0.5, 0.6) is 0 Å². The average molecular weight is 1280 g/mol. The van der Waals surface area contributed by atoms with Gasteiger partial charge in [0.25, 0.3) is 0 Å². The van der Waals surface area contributed by atoms with Crippen LogP contribution in [0, 0.1) is 0 Å². The van der Waals surface area contributed by atoms with Crippen LogP contribution in [0.3, 0.4) is 0 Å². The molecule has 0 aliphatic heterocycles. The summed E-state index contributed by atoms with van der Waals surface area (Å²) in [6.07, 6.45) is 0. The zero-order valence-electron chi connectivity index (χ0n) is 56.5. The summed E-state index contributed by atoms with van der Waals surface area (Å²) in [5.41, 5.74) is 33.4. The Balaban J connectivity index is 0.699. The van der Waals surface area contributed by atoms with E-state index in [-0.39, 0.29) is 10.8 Å². The van der Waals surface area contributed by atoms with Crippen LogP contribution in [-0.2, 0) is 10.8 Å². The molecule has 0 unspecified atom stereocenters. The molecule has 2 nitrogen and oxygen atoms in total. The standard InChI is InChI=1S/C98H72N2/c1-97(2)88-39-15-13-35-86(88)94-89(97)40-21-44-93(94)100(80-33-18-30-76(63-80)71-51-47-69(48-52-71)66-25-9-6-10-26-66)91-42-16-14-34-84(91)73-55-53-72(54-56-73)82-36-19-31-77-61-78(58-60-83(77)82)85-37-20-38-87-95-90(98(3,4)96(85)87)41-22-43-92(95)99(81-59-57-67-27-11-12-28-74(67)64-81)79-32-17-29-75(62-79)70-49-45-68(46-50-70)65-23-7-5-8-24-65/h5-64H,1-4H3. The van der Waals surface area contributed by atoms with Gasteiger partial charge >= 0.3 is 0 Å². The minimum Gasteiger partial charge on any atom is -0.310 e. The highest BCUT2D eigenvalue weighted by molar-refractivity contribution is 6.04. The molecule has 18 rings (SSSR count). The average Bonchev–Trinajstić information content (AvgIpc) is 1.55. The van der Waals surface area contributed by atoms with Gasteiger partial charge in [0.2, 0.25) is 0 Å². The number of fused-ring (bicyclic) bond motifs is 8. The van der Waals surface area contributed by atoms with E-state index in [2.05, 4.69) is 401 Å². The van der Waals surface area contributed by atoms with E-state index in [4.69, 9.17) is 0 Å². The molecule has 0 saturated heterocycles. The van der Waals surface area contributed by atoms with Gasteiger partial charge < -0.3 is 9.80 Å². The van der Waals surface area contributed by atoms with Crippen LogP contribution in [0.1, 0.15) is 49.9 Å². The Morgan fingerprint density at radius 1 is 0.200 bits per heavy atom. The maximum absolute atomic E-state index is 2.51. The first-order chi connectivity index (χ1) is 49.1. The first-order valence-corrected chi connectivity index (χ1v) is 35.0. The largest absolute Gasteiger partial charge is 0.310 e. The van der Waals surface area contributed by atoms with Crippen molar-refractivity contribution in [1.29, 1.82) is 0 Å². The maximum Gasteiger partial charge on any atom is 0.0543 e. The van der Waals surface area contributed by atoms with E-state index in [0.717, 1.165) is 50.8 Å². The summed E-state index contributed by atoms with van der Waals surface area (Å²) < 4.78 is 0. The third-order valence-corrected chi connectivity index (χ3v) is 21.4. The van der Waals surface area contributed by atoms with E-state index in [0.29, 0.717) is 0 Å². The van der Waals surface area contributed by atoms with Gasteiger partial charge in [-0.15, -0.1) is 0 Å². The summed E-state index contributed by atoms with van der Waals surface area (Å²) in [4.78, 5) is 5.00. The number of rotatable bonds is 13. The highest BCUT2D eigenvalue weighted by Gasteiger charge is 2.41. The quantitative estimate of drug-likeness (QED) is 0.114. The Morgan fingerprint density at radius 3 is 1.26 bits per heavy atom. The Morgan fingerprint density at radius 2 is 0.600 bits per heavy atom. The molecule has 2 aliphatic carbocycles. The van der Waals surface area contributed by atoms with Crippen molar-refractivity contribution in [3.8, 4) is 100 Å². The van der Waals surface area contributed by atoms with E-state index < -0.39 is 0 Å². The van der Waals surface area contributed by atoms with Crippen molar-refractivity contribution in [2.75, 3.05) is 9.80 Å². The summed E-state index contributed by atoms with van der Waals surface area (Å²) in [5.74, 6) is 0. The van der Waals surface area contributed by atoms with Gasteiger partial charge in [-0.2, -0.15) is 0 Å². The molecule has 474 valence electrons. The summed E-state index contributed by atoms with van der Waals surface area (Å²) >= 11 is 0. The van der Waals surface area contributed by atoms with Crippen LogP contribution in [0.15, 0.2) is 364 Å². The molecule has 0 radical (unpaired) electrons. The van der Waals surface area contributed by atoms with E-state index in [1.165, 1.54) is 127 Å². The molecule has 16 aromatic carbocycles. The van der Waals surface area contributed by atoms with Gasteiger partial charge in [0.1, 0.15) is 0 Å². The van der Waals surface area contributed by atoms with Crippen LogP contribution in [-0.4, -0.2) is 0 Å². The van der Waals surface area contributed by atoms with Gasteiger partial charge in [-0.3, -0.25) is 0 Å². The molecule has 2 aliphatic rings. The summed E-state index contributed by atoms with van der Waals surface area (Å²) in [7, 11) is 0. The van der Waals surface area contributed by atoms with E-state index >= 15 is 0 Å². The third kappa shape index (κ3) is 10.3. The molecule has 0 amide bonds. The lowest BCUT2D eigenvalue weighted by atomic mass is 9.78. The van der Waals surface area contributed by atoms with Crippen LogP contribution in [0.2, 0.25) is 0 Å². The molecule has 0 atom stereocenters. The molecule has 0 N–H and O–H groups in total. The number of hydrogen-bond donors (Lipinski definition) is 0. The zero-order chi connectivity index (χ0) is 67.1. The highest BCUT2D eigenvalue weighted by Crippen LogP contribution is 2.58. The second kappa shape index (κ2) is 24.3. The number of hydrogen-bond acceptors (Lipinski definition) is 2. The van der Waals surface area contributed by atoms with Gasteiger partial charge in [0.15, 0.2) is 0 Å². The van der Waals surface area contributed by atoms with Crippen LogP contribution < -0.4 is 9.80 Å². The molecule has 100 heavy (non-hydrogen) atoms. The fourth-order valence-corrected chi connectivity index (χ4v) is 16.5. The van der Waals surface area contributed by atoms with E-state index in [1.807, 2.05) is 0 Å². The molecule has 0 heterocycles. The van der Waals surface area contributed by atoms with Crippen molar-refractivity contribution in [2.24, 2.45) is 0 Å².